The van der Waals surface area contributed by atoms with Crippen molar-refractivity contribution in [2.75, 3.05) is 13.2 Å². The lowest BCUT2D eigenvalue weighted by Gasteiger charge is -2.19. The Morgan fingerprint density at radius 3 is 2.83 bits per heavy atom. The SMILES string of the molecule is Cn1nccc1[C@@H]1OCC[C@H]1CN=C(N)NC1CCCCCC1. The fourth-order valence-electron chi connectivity index (χ4n) is 3.71. The minimum atomic E-state index is 0.0805. The number of aromatic nitrogens is 2. The fraction of sp³-hybridized carbons (Fsp3) is 0.765. The molecule has 2 heterocycles. The molecular weight excluding hydrogens is 290 g/mol. The number of aryl methyl sites for hydroxylation is 1. The van der Waals surface area contributed by atoms with Crippen LogP contribution in [-0.2, 0) is 11.8 Å². The molecule has 0 bridgehead atoms. The molecule has 1 saturated carbocycles. The zero-order valence-corrected chi connectivity index (χ0v) is 14.1. The molecule has 0 spiro atoms. The zero-order valence-electron chi connectivity index (χ0n) is 14.1. The van der Waals surface area contributed by atoms with Gasteiger partial charge in [-0.05, 0) is 25.3 Å². The number of nitrogens with zero attached hydrogens (tertiary/aromatic N) is 3. The maximum Gasteiger partial charge on any atom is 0.188 e. The summed E-state index contributed by atoms with van der Waals surface area (Å²) in [4.78, 5) is 4.59. The van der Waals surface area contributed by atoms with Crippen molar-refractivity contribution in [3.63, 3.8) is 0 Å². The third-order valence-electron chi connectivity index (χ3n) is 5.07. The highest BCUT2D eigenvalue weighted by atomic mass is 16.5. The molecule has 128 valence electrons. The molecule has 6 nitrogen and oxygen atoms in total. The van der Waals surface area contributed by atoms with Crippen LogP contribution in [0.1, 0.15) is 56.7 Å². The van der Waals surface area contributed by atoms with Crippen LogP contribution in [0.5, 0.6) is 0 Å². The van der Waals surface area contributed by atoms with Crippen molar-refractivity contribution in [3.05, 3.63) is 18.0 Å². The number of ether oxygens (including phenoxy) is 1. The molecule has 0 aromatic carbocycles. The van der Waals surface area contributed by atoms with Gasteiger partial charge in [-0.1, -0.05) is 25.7 Å². The first-order valence-electron chi connectivity index (χ1n) is 8.90. The highest BCUT2D eigenvalue weighted by molar-refractivity contribution is 5.78. The van der Waals surface area contributed by atoms with Gasteiger partial charge in [0.1, 0.15) is 6.10 Å². The summed E-state index contributed by atoms with van der Waals surface area (Å²) in [7, 11) is 1.96. The van der Waals surface area contributed by atoms with Gasteiger partial charge >= 0.3 is 0 Å². The quantitative estimate of drug-likeness (QED) is 0.506. The van der Waals surface area contributed by atoms with E-state index < -0.39 is 0 Å². The summed E-state index contributed by atoms with van der Waals surface area (Å²) < 4.78 is 7.79. The van der Waals surface area contributed by atoms with Gasteiger partial charge in [0.15, 0.2) is 5.96 Å². The second-order valence-electron chi connectivity index (χ2n) is 6.78. The molecule has 1 aromatic heterocycles. The van der Waals surface area contributed by atoms with Crippen molar-refractivity contribution in [1.82, 2.24) is 15.1 Å². The normalized spacial score (nSPS) is 27.1. The Bertz CT molecular complexity index is 519. The van der Waals surface area contributed by atoms with Gasteiger partial charge < -0.3 is 15.8 Å². The van der Waals surface area contributed by atoms with Crippen LogP contribution >= 0.6 is 0 Å². The largest absolute Gasteiger partial charge is 0.372 e. The topological polar surface area (TPSA) is 77.5 Å². The highest BCUT2D eigenvalue weighted by Gasteiger charge is 2.31. The van der Waals surface area contributed by atoms with E-state index in [1.165, 1.54) is 38.5 Å². The van der Waals surface area contributed by atoms with E-state index in [-0.39, 0.29) is 6.10 Å². The molecule has 3 rings (SSSR count). The van der Waals surface area contributed by atoms with Crippen molar-refractivity contribution in [3.8, 4) is 0 Å². The van der Waals surface area contributed by atoms with Gasteiger partial charge in [0.25, 0.3) is 0 Å². The highest BCUT2D eigenvalue weighted by Crippen LogP contribution is 2.34. The summed E-state index contributed by atoms with van der Waals surface area (Å²) in [5.74, 6) is 0.965. The number of nitrogens with two attached hydrogens (primary N) is 1. The zero-order chi connectivity index (χ0) is 16.1. The van der Waals surface area contributed by atoms with E-state index in [1.807, 2.05) is 24.0 Å². The summed E-state index contributed by atoms with van der Waals surface area (Å²) in [6.45, 7) is 1.49. The predicted octanol–water partition coefficient (Wildman–Crippen LogP) is 2.12. The lowest BCUT2D eigenvalue weighted by atomic mass is 9.99. The third kappa shape index (κ3) is 4.25. The van der Waals surface area contributed by atoms with Crippen LogP contribution in [0.4, 0.5) is 0 Å². The summed E-state index contributed by atoms with van der Waals surface area (Å²) in [6, 6.07) is 2.52. The molecule has 23 heavy (non-hydrogen) atoms. The van der Waals surface area contributed by atoms with Crippen molar-refractivity contribution in [2.24, 2.45) is 23.7 Å². The number of aliphatic imine (C=N–C) groups is 1. The Labute approximate surface area is 138 Å². The van der Waals surface area contributed by atoms with E-state index in [0.29, 0.717) is 24.5 Å². The van der Waals surface area contributed by atoms with Crippen molar-refractivity contribution in [2.45, 2.75) is 57.1 Å². The molecule has 6 heteroatoms. The van der Waals surface area contributed by atoms with Crippen LogP contribution in [0.2, 0.25) is 0 Å². The van der Waals surface area contributed by atoms with Crippen molar-refractivity contribution < 1.29 is 4.74 Å². The molecule has 1 aromatic rings. The number of hydrogen-bond acceptors (Lipinski definition) is 3. The lowest BCUT2D eigenvalue weighted by Crippen LogP contribution is -2.40. The number of guanidine groups is 1. The first-order valence-corrected chi connectivity index (χ1v) is 8.90. The van der Waals surface area contributed by atoms with Gasteiger partial charge in [-0.2, -0.15) is 5.10 Å². The second-order valence-corrected chi connectivity index (χ2v) is 6.78. The molecule has 1 saturated heterocycles. The van der Waals surface area contributed by atoms with Crippen LogP contribution in [0.3, 0.4) is 0 Å². The Hall–Kier alpha value is -1.56. The Morgan fingerprint density at radius 2 is 2.13 bits per heavy atom. The van der Waals surface area contributed by atoms with E-state index in [1.54, 1.807) is 0 Å². The van der Waals surface area contributed by atoms with Crippen molar-refractivity contribution in [1.29, 1.82) is 0 Å². The van der Waals surface area contributed by atoms with Gasteiger partial charge in [-0.3, -0.25) is 9.67 Å². The third-order valence-corrected chi connectivity index (χ3v) is 5.07. The van der Waals surface area contributed by atoms with Gasteiger partial charge in [0, 0.05) is 38.4 Å². The minimum absolute atomic E-state index is 0.0805. The van der Waals surface area contributed by atoms with Crippen LogP contribution in [0.25, 0.3) is 0 Å². The smallest absolute Gasteiger partial charge is 0.188 e. The molecular formula is C17H29N5O. The first-order chi connectivity index (χ1) is 11.2. The van der Waals surface area contributed by atoms with E-state index in [9.17, 15) is 0 Å². The monoisotopic (exact) mass is 319 g/mol. The molecule has 3 N–H and O–H groups in total. The van der Waals surface area contributed by atoms with Gasteiger partial charge in [-0.25, -0.2) is 0 Å². The van der Waals surface area contributed by atoms with Gasteiger partial charge in [0.2, 0.25) is 0 Å². The van der Waals surface area contributed by atoms with E-state index in [2.05, 4.69) is 15.4 Å². The summed E-state index contributed by atoms with van der Waals surface area (Å²) in [5, 5.41) is 7.65. The number of hydrogen-bond donors (Lipinski definition) is 2. The fourth-order valence-corrected chi connectivity index (χ4v) is 3.71. The predicted molar refractivity (Wildman–Crippen MR) is 91.1 cm³/mol. The Morgan fingerprint density at radius 1 is 1.35 bits per heavy atom. The molecule has 2 atom stereocenters. The van der Waals surface area contributed by atoms with Gasteiger partial charge in [0.05, 0.1) is 5.69 Å². The molecule has 0 radical (unpaired) electrons. The minimum Gasteiger partial charge on any atom is -0.372 e. The maximum absolute atomic E-state index is 6.11. The molecule has 2 aliphatic rings. The molecule has 1 aliphatic heterocycles. The average Bonchev–Trinajstić information content (AvgIpc) is 3.08. The molecule has 2 fully saturated rings. The number of rotatable bonds is 4. The second kappa shape index (κ2) is 7.81. The van der Waals surface area contributed by atoms with Crippen LogP contribution in [0.15, 0.2) is 17.3 Å². The molecule has 0 amide bonds. The first kappa shape index (κ1) is 16.3. The summed E-state index contributed by atoms with van der Waals surface area (Å²) in [5.41, 5.74) is 7.23. The van der Waals surface area contributed by atoms with Gasteiger partial charge in [-0.15, -0.1) is 0 Å². The van der Waals surface area contributed by atoms with Crippen LogP contribution in [-0.4, -0.2) is 34.9 Å². The van der Waals surface area contributed by atoms with E-state index >= 15 is 0 Å². The lowest BCUT2D eigenvalue weighted by molar-refractivity contribution is 0.0859. The Kier molecular flexibility index (Phi) is 5.54. The molecule has 0 unspecified atom stereocenters. The van der Waals surface area contributed by atoms with Crippen LogP contribution < -0.4 is 11.1 Å². The van der Waals surface area contributed by atoms with E-state index in [4.69, 9.17) is 10.5 Å². The van der Waals surface area contributed by atoms with Crippen molar-refractivity contribution >= 4 is 5.96 Å². The number of nitrogens with one attached hydrogen (secondary N) is 1. The van der Waals surface area contributed by atoms with E-state index in [0.717, 1.165) is 18.7 Å². The average molecular weight is 319 g/mol. The van der Waals surface area contributed by atoms with Crippen LogP contribution in [0, 0.1) is 5.92 Å². The maximum atomic E-state index is 6.11. The Balaban J connectivity index is 1.54. The molecule has 1 aliphatic carbocycles. The summed E-state index contributed by atoms with van der Waals surface area (Å²) >= 11 is 0. The standard InChI is InChI=1S/C17H29N5O/c1-22-15(8-10-20-22)16-13(9-11-23-16)12-19-17(18)21-14-6-4-2-3-5-7-14/h8,10,13-14,16H,2-7,9,11-12H2,1H3,(H3,18,19,21)/t13-,16+/m0/s1. The summed E-state index contributed by atoms with van der Waals surface area (Å²) in [6.07, 6.45) is 10.6.